The highest BCUT2D eigenvalue weighted by molar-refractivity contribution is 7.99. The molecule has 1 saturated carbocycles. The minimum absolute atomic E-state index is 0.116. The van der Waals surface area contributed by atoms with Crippen LogP contribution in [0.3, 0.4) is 0 Å². The first-order valence-corrected chi connectivity index (χ1v) is 17.9. The lowest BCUT2D eigenvalue weighted by Crippen LogP contribution is -2.47. The summed E-state index contributed by atoms with van der Waals surface area (Å²) in [5.41, 5.74) is 2.14. The summed E-state index contributed by atoms with van der Waals surface area (Å²) in [6.45, 7) is 9.61. The van der Waals surface area contributed by atoms with Crippen LogP contribution in [0.15, 0.2) is 76.6 Å². The second-order valence-corrected chi connectivity index (χ2v) is 13.4. The van der Waals surface area contributed by atoms with Gasteiger partial charge in [-0.2, -0.15) is 0 Å². The molecule has 3 aromatic carbocycles. The van der Waals surface area contributed by atoms with Gasteiger partial charge in [-0.1, -0.05) is 62.9 Å². The van der Waals surface area contributed by atoms with Gasteiger partial charge in [0.05, 0.1) is 18.6 Å². The van der Waals surface area contributed by atoms with Crippen molar-refractivity contribution in [3.05, 3.63) is 93.0 Å². The Hall–Kier alpha value is -3.47. The van der Waals surface area contributed by atoms with Gasteiger partial charge in [0, 0.05) is 52.9 Å². The van der Waals surface area contributed by atoms with Crippen LogP contribution < -0.4 is 20.1 Å². The van der Waals surface area contributed by atoms with Crippen molar-refractivity contribution in [3.63, 3.8) is 0 Å². The minimum atomic E-state index is -0.341. The number of nitrogens with zero attached hydrogens (tertiary/aromatic N) is 3. The maximum atomic E-state index is 11.3. The van der Waals surface area contributed by atoms with Gasteiger partial charge in [-0.15, -0.1) is 11.8 Å². The third-order valence-corrected chi connectivity index (χ3v) is 10.0. The molecule has 47 heavy (non-hydrogen) atoms. The monoisotopic (exact) mass is 681 g/mol. The lowest BCUT2D eigenvalue weighted by Gasteiger charge is -2.38. The SMILES string of the molecule is CCN(CC)CCOc1ccc(CN=C(NCCSc2ccc(Cl)cc2)NCC2(c3ccc([N+](=O)[O-])cc3)CCCCC2)cc1OC. The highest BCUT2D eigenvalue weighted by Gasteiger charge is 2.34. The van der Waals surface area contributed by atoms with Crippen molar-refractivity contribution in [1.82, 2.24) is 15.5 Å². The van der Waals surface area contributed by atoms with E-state index in [1.54, 1.807) is 31.0 Å². The summed E-state index contributed by atoms with van der Waals surface area (Å²) >= 11 is 7.81. The molecule has 4 rings (SSSR count). The zero-order chi connectivity index (χ0) is 33.5. The van der Waals surface area contributed by atoms with Gasteiger partial charge in [-0.05, 0) is 73.5 Å². The van der Waals surface area contributed by atoms with Crippen LogP contribution >= 0.6 is 23.4 Å². The minimum Gasteiger partial charge on any atom is -0.493 e. The predicted molar refractivity (Wildman–Crippen MR) is 193 cm³/mol. The topological polar surface area (TPSA) is 101 Å². The molecule has 1 aliphatic rings. The molecule has 0 unspecified atom stereocenters. The first kappa shape index (κ1) is 36.4. The van der Waals surface area contributed by atoms with E-state index in [4.69, 9.17) is 26.1 Å². The average molecular weight is 682 g/mol. The molecular weight excluding hydrogens is 634 g/mol. The fourth-order valence-electron chi connectivity index (χ4n) is 5.95. The van der Waals surface area contributed by atoms with Crippen molar-refractivity contribution in [2.45, 2.75) is 62.8 Å². The third-order valence-electron chi connectivity index (χ3n) is 8.78. The van der Waals surface area contributed by atoms with Crippen molar-refractivity contribution in [3.8, 4) is 11.5 Å². The Labute approximate surface area is 288 Å². The van der Waals surface area contributed by atoms with Gasteiger partial charge in [0.15, 0.2) is 17.5 Å². The average Bonchev–Trinajstić information content (AvgIpc) is 3.10. The number of thioether (sulfide) groups is 1. The largest absolute Gasteiger partial charge is 0.493 e. The van der Waals surface area contributed by atoms with E-state index in [9.17, 15) is 10.1 Å². The van der Waals surface area contributed by atoms with Crippen molar-refractivity contribution >= 4 is 35.0 Å². The second-order valence-electron chi connectivity index (χ2n) is 11.8. The Balaban J connectivity index is 1.47. The van der Waals surface area contributed by atoms with Gasteiger partial charge in [0.1, 0.15) is 6.61 Å². The number of nitrogens with one attached hydrogen (secondary N) is 2. The summed E-state index contributed by atoms with van der Waals surface area (Å²) in [6.07, 6.45) is 5.49. The van der Waals surface area contributed by atoms with E-state index in [2.05, 4.69) is 29.4 Å². The summed E-state index contributed by atoms with van der Waals surface area (Å²) in [6, 6.07) is 21.0. The number of non-ortho nitro benzene ring substituents is 1. The summed E-state index contributed by atoms with van der Waals surface area (Å²) < 4.78 is 11.7. The maximum absolute atomic E-state index is 11.3. The molecule has 2 N–H and O–H groups in total. The molecule has 0 aromatic heterocycles. The lowest BCUT2D eigenvalue weighted by molar-refractivity contribution is -0.384. The molecule has 0 amide bonds. The van der Waals surface area contributed by atoms with Crippen molar-refractivity contribution in [1.29, 1.82) is 0 Å². The van der Waals surface area contributed by atoms with Gasteiger partial charge in [0.25, 0.3) is 5.69 Å². The number of rotatable bonds is 17. The van der Waals surface area contributed by atoms with Gasteiger partial charge in [-0.25, -0.2) is 4.99 Å². The van der Waals surface area contributed by atoms with Gasteiger partial charge in [0.2, 0.25) is 0 Å². The molecule has 0 spiro atoms. The Morgan fingerprint density at radius 3 is 2.38 bits per heavy atom. The molecule has 0 atom stereocenters. The van der Waals surface area contributed by atoms with Crippen molar-refractivity contribution in [2.75, 3.05) is 52.2 Å². The summed E-state index contributed by atoms with van der Waals surface area (Å²) in [4.78, 5) is 19.4. The highest BCUT2D eigenvalue weighted by atomic mass is 35.5. The molecule has 0 saturated heterocycles. The van der Waals surface area contributed by atoms with Crippen LogP contribution in [0.4, 0.5) is 5.69 Å². The van der Waals surface area contributed by atoms with Crippen LogP contribution in [-0.2, 0) is 12.0 Å². The number of nitro groups is 1. The smallest absolute Gasteiger partial charge is 0.269 e. The summed E-state index contributed by atoms with van der Waals surface area (Å²) in [5, 5.41) is 19.2. The van der Waals surface area contributed by atoms with E-state index in [0.29, 0.717) is 32.0 Å². The number of aliphatic imine (C=N–C) groups is 1. The predicted octanol–water partition coefficient (Wildman–Crippen LogP) is 7.71. The summed E-state index contributed by atoms with van der Waals surface area (Å²) in [7, 11) is 1.66. The van der Waals surface area contributed by atoms with Crippen LogP contribution in [0, 0.1) is 10.1 Å². The molecular formula is C36H48ClN5O4S. The van der Waals surface area contributed by atoms with E-state index in [0.717, 1.165) is 83.8 Å². The number of methoxy groups -OCH3 is 1. The van der Waals surface area contributed by atoms with E-state index >= 15 is 0 Å². The number of halogens is 1. The van der Waals surface area contributed by atoms with Gasteiger partial charge >= 0.3 is 0 Å². The Bertz CT molecular complexity index is 1430. The van der Waals surface area contributed by atoms with E-state index in [-0.39, 0.29) is 16.0 Å². The molecule has 254 valence electrons. The number of benzene rings is 3. The Morgan fingerprint density at radius 2 is 1.72 bits per heavy atom. The number of ether oxygens (including phenoxy) is 2. The first-order chi connectivity index (χ1) is 22.9. The van der Waals surface area contributed by atoms with Crippen molar-refractivity contribution in [2.24, 2.45) is 4.99 Å². The Morgan fingerprint density at radius 1 is 1.00 bits per heavy atom. The quantitative estimate of drug-likeness (QED) is 0.0373. The van der Waals surface area contributed by atoms with E-state index < -0.39 is 0 Å². The van der Waals surface area contributed by atoms with Crippen LogP contribution in [0.2, 0.25) is 5.02 Å². The third kappa shape index (κ3) is 11.0. The van der Waals surface area contributed by atoms with Gasteiger partial charge < -0.3 is 25.0 Å². The van der Waals surface area contributed by atoms with Crippen molar-refractivity contribution < 1.29 is 14.4 Å². The maximum Gasteiger partial charge on any atom is 0.269 e. The molecule has 1 fully saturated rings. The van der Waals surface area contributed by atoms with Crippen LogP contribution in [0.1, 0.15) is 57.1 Å². The molecule has 11 heteroatoms. The van der Waals surface area contributed by atoms with E-state index in [1.165, 1.54) is 6.42 Å². The zero-order valence-electron chi connectivity index (χ0n) is 27.8. The number of nitro benzene ring substituents is 1. The fourth-order valence-corrected chi connectivity index (χ4v) is 6.85. The first-order valence-electron chi connectivity index (χ1n) is 16.5. The van der Waals surface area contributed by atoms with Crippen LogP contribution in [-0.4, -0.2) is 68.0 Å². The number of hydrogen-bond acceptors (Lipinski definition) is 7. The highest BCUT2D eigenvalue weighted by Crippen LogP contribution is 2.39. The standard InChI is InChI=1S/C36H48ClN5O4S/c1-4-41(5-2)22-23-46-33-18-9-28(25-34(33)45-3)26-39-35(38-21-24-47-32-16-12-30(37)13-17-32)40-27-36(19-7-6-8-20-36)29-10-14-31(15-11-29)42(43)44/h9-18,25H,4-8,19-24,26-27H2,1-3H3,(H2,38,39,40). The van der Waals surface area contributed by atoms with Crippen LogP contribution in [0.25, 0.3) is 0 Å². The normalized spacial score (nSPS) is 14.5. The lowest BCUT2D eigenvalue weighted by atomic mass is 9.69. The number of likely N-dealkylation sites (N-methyl/N-ethyl adjacent to an activating group) is 1. The molecule has 0 bridgehead atoms. The molecule has 0 radical (unpaired) electrons. The second kappa shape index (κ2) is 18.8. The fraction of sp³-hybridized carbons (Fsp3) is 0.472. The zero-order valence-corrected chi connectivity index (χ0v) is 29.4. The molecule has 9 nitrogen and oxygen atoms in total. The van der Waals surface area contributed by atoms with Crippen LogP contribution in [0.5, 0.6) is 11.5 Å². The molecule has 1 aliphatic carbocycles. The molecule has 0 heterocycles. The number of hydrogen-bond donors (Lipinski definition) is 2. The molecule has 0 aliphatic heterocycles. The summed E-state index contributed by atoms with van der Waals surface area (Å²) in [5.74, 6) is 3.00. The van der Waals surface area contributed by atoms with Gasteiger partial charge in [-0.3, -0.25) is 10.1 Å². The molecule has 3 aromatic rings. The van der Waals surface area contributed by atoms with E-state index in [1.807, 2.05) is 54.6 Å². The number of guanidine groups is 1. The Kier molecular flexibility index (Phi) is 14.5.